The second kappa shape index (κ2) is 7.66. The first-order chi connectivity index (χ1) is 12.1. The Balaban J connectivity index is 1.82. The van der Waals surface area contributed by atoms with Crippen molar-refractivity contribution in [1.82, 2.24) is 15.2 Å². The lowest BCUT2D eigenvalue weighted by molar-refractivity contribution is 0.0736. The molecule has 2 heterocycles. The number of likely N-dealkylation sites (N-methyl/N-ethyl adjacent to an activating group) is 1. The number of likely N-dealkylation sites (tertiary alicyclic amines) is 1. The van der Waals surface area contributed by atoms with Crippen molar-refractivity contribution < 1.29 is 4.79 Å². The number of benzene rings is 1. The molecular weight excluding hydrogens is 312 g/mol. The number of rotatable bonds is 5. The van der Waals surface area contributed by atoms with Gasteiger partial charge in [0.2, 0.25) is 0 Å². The van der Waals surface area contributed by atoms with E-state index in [1.165, 1.54) is 0 Å². The molecule has 0 bridgehead atoms. The summed E-state index contributed by atoms with van der Waals surface area (Å²) in [5.74, 6) is 0.0806. The van der Waals surface area contributed by atoms with Crippen molar-refractivity contribution in [3.63, 3.8) is 0 Å². The first-order valence-electron chi connectivity index (χ1n) is 8.78. The largest absolute Gasteiger partial charge is 0.378 e. The summed E-state index contributed by atoms with van der Waals surface area (Å²) in [5, 5.41) is 3.18. The SMILES string of the molecule is CNCC1CCCN1C(=O)c1cncc(-c2ccc(N(C)C)cc2)c1. The van der Waals surface area contributed by atoms with E-state index in [4.69, 9.17) is 0 Å². The molecule has 1 fully saturated rings. The van der Waals surface area contributed by atoms with Crippen LogP contribution in [0.5, 0.6) is 0 Å². The Labute approximate surface area is 149 Å². The Morgan fingerprint density at radius 2 is 2.00 bits per heavy atom. The molecule has 0 spiro atoms. The fourth-order valence-electron chi connectivity index (χ4n) is 3.38. The number of anilines is 1. The molecule has 1 unspecified atom stereocenters. The van der Waals surface area contributed by atoms with Crippen LogP contribution in [0.15, 0.2) is 42.7 Å². The lowest BCUT2D eigenvalue weighted by Crippen LogP contribution is -2.40. The number of carbonyl (C=O) groups excluding carboxylic acids is 1. The molecule has 1 aromatic carbocycles. The van der Waals surface area contributed by atoms with Crippen LogP contribution in [0.4, 0.5) is 5.69 Å². The van der Waals surface area contributed by atoms with Crippen LogP contribution in [-0.2, 0) is 0 Å². The van der Waals surface area contributed by atoms with E-state index in [0.29, 0.717) is 5.56 Å². The minimum absolute atomic E-state index is 0.0806. The molecule has 1 aliphatic rings. The van der Waals surface area contributed by atoms with Gasteiger partial charge in [-0.1, -0.05) is 12.1 Å². The highest BCUT2D eigenvalue weighted by Crippen LogP contribution is 2.24. The van der Waals surface area contributed by atoms with Gasteiger partial charge in [0.05, 0.1) is 5.56 Å². The van der Waals surface area contributed by atoms with Crippen molar-refractivity contribution in [1.29, 1.82) is 0 Å². The van der Waals surface area contributed by atoms with Crippen LogP contribution >= 0.6 is 0 Å². The number of hydrogen-bond donors (Lipinski definition) is 1. The summed E-state index contributed by atoms with van der Waals surface area (Å²) in [4.78, 5) is 21.3. The number of amides is 1. The summed E-state index contributed by atoms with van der Waals surface area (Å²) in [6.45, 7) is 1.66. The van der Waals surface area contributed by atoms with Crippen molar-refractivity contribution in [3.8, 4) is 11.1 Å². The second-order valence-corrected chi connectivity index (χ2v) is 6.76. The van der Waals surface area contributed by atoms with Gasteiger partial charge in [0.15, 0.2) is 0 Å². The van der Waals surface area contributed by atoms with E-state index in [2.05, 4.69) is 39.5 Å². The Morgan fingerprint density at radius 3 is 2.68 bits per heavy atom. The Hall–Kier alpha value is -2.40. The molecule has 1 aromatic heterocycles. The molecule has 0 aliphatic carbocycles. The molecule has 1 atom stereocenters. The van der Waals surface area contributed by atoms with Gasteiger partial charge in [-0.05, 0) is 43.7 Å². The molecule has 1 amide bonds. The van der Waals surface area contributed by atoms with E-state index >= 15 is 0 Å². The van der Waals surface area contributed by atoms with Crippen molar-refractivity contribution in [3.05, 3.63) is 48.3 Å². The Morgan fingerprint density at radius 1 is 1.24 bits per heavy atom. The number of nitrogens with zero attached hydrogens (tertiary/aromatic N) is 3. The third kappa shape index (κ3) is 3.82. The maximum Gasteiger partial charge on any atom is 0.255 e. The van der Waals surface area contributed by atoms with Crippen LogP contribution in [0.3, 0.4) is 0 Å². The molecule has 5 heteroatoms. The fraction of sp³-hybridized carbons (Fsp3) is 0.400. The van der Waals surface area contributed by atoms with Crippen LogP contribution in [-0.4, -0.2) is 56.1 Å². The average molecular weight is 338 g/mol. The van der Waals surface area contributed by atoms with Crippen molar-refractivity contribution in [2.75, 3.05) is 39.1 Å². The minimum Gasteiger partial charge on any atom is -0.378 e. The minimum atomic E-state index is 0.0806. The maximum absolute atomic E-state index is 12.9. The lowest BCUT2D eigenvalue weighted by Gasteiger charge is -2.24. The predicted octanol–water partition coefficient (Wildman–Crippen LogP) is 2.64. The first kappa shape index (κ1) is 17.4. The van der Waals surface area contributed by atoms with Gasteiger partial charge in [0.1, 0.15) is 0 Å². The standard InChI is InChI=1S/C20H26N4O/c1-21-14-19-5-4-10-24(19)20(25)17-11-16(12-22-13-17)15-6-8-18(9-7-15)23(2)3/h6-9,11-13,19,21H,4-5,10,14H2,1-3H3. The number of pyridine rings is 1. The van der Waals surface area contributed by atoms with E-state index in [1.54, 1.807) is 6.20 Å². The van der Waals surface area contributed by atoms with E-state index in [-0.39, 0.29) is 11.9 Å². The van der Waals surface area contributed by atoms with E-state index in [9.17, 15) is 4.79 Å². The van der Waals surface area contributed by atoms with Gasteiger partial charge < -0.3 is 15.1 Å². The highest BCUT2D eigenvalue weighted by molar-refractivity contribution is 5.95. The molecule has 1 saturated heterocycles. The topological polar surface area (TPSA) is 48.5 Å². The van der Waals surface area contributed by atoms with E-state index in [0.717, 1.165) is 42.7 Å². The number of hydrogen-bond acceptors (Lipinski definition) is 4. The zero-order valence-corrected chi connectivity index (χ0v) is 15.2. The molecule has 1 aliphatic heterocycles. The normalized spacial score (nSPS) is 16.9. The fourth-order valence-corrected chi connectivity index (χ4v) is 3.38. The van der Waals surface area contributed by atoms with Gasteiger partial charge in [-0.15, -0.1) is 0 Å². The molecule has 0 saturated carbocycles. The molecular formula is C20H26N4O. The number of carbonyl (C=O) groups is 1. The molecule has 0 radical (unpaired) electrons. The van der Waals surface area contributed by atoms with Crippen LogP contribution in [0.2, 0.25) is 0 Å². The molecule has 132 valence electrons. The molecule has 3 rings (SSSR count). The first-order valence-corrected chi connectivity index (χ1v) is 8.78. The number of aromatic nitrogens is 1. The van der Waals surface area contributed by atoms with Gasteiger partial charge in [-0.3, -0.25) is 9.78 Å². The van der Waals surface area contributed by atoms with Gasteiger partial charge in [0.25, 0.3) is 5.91 Å². The van der Waals surface area contributed by atoms with E-state index in [1.807, 2.05) is 38.3 Å². The molecule has 25 heavy (non-hydrogen) atoms. The summed E-state index contributed by atoms with van der Waals surface area (Å²) in [7, 11) is 5.97. The maximum atomic E-state index is 12.9. The zero-order chi connectivity index (χ0) is 17.8. The van der Waals surface area contributed by atoms with Crippen LogP contribution in [0.1, 0.15) is 23.2 Å². The predicted molar refractivity (Wildman–Crippen MR) is 102 cm³/mol. The van der Waals surface area contributed by atoms with Gasteiger partial charge in [-0.25, -0.2) is 0 Å². The highest BCUT2D eigenvalue weighted by Gasteiger charge is 2.29. The van der Waals surface area contributed by atoms with Gasteiger partial charge in [0, 0.05) is 56.9 Å². The van der Waals surface area contributed by atoms with Crippen LogP contribution < -0.4 is 10.2 Å². The van der Waals surface area contributed by atoms with Gasteiger partial charge >= 0.3 is 0 Å². The lowest BCUT2D eigenvalue weighted by atomic mass is 10.0. The smallest absolute Gasteiger partial charge is 0.255 e. The van der Waals surface area contributed by atoms with Crippen LogP contribution in [0.25, 0.3) is 11.1 Å². The monoisotopic (exact) mass is 338 g/mol. The summed E-state index contributed by atoms with van der Waals surface area (Å²) in [6.07, 6.45) is 5.62. The second-order valence-electron chi connectivity index (χ2n) is 6.76. The zero-order valence-electron chi connectivity index (χ0n) is 15.2. The summed E-state index contributed by atoms with van der Waals surface area (Å²) in [6, 6.07) is 10.5. The number of nitrogens with one attached hydrogen (secondary N) is 1. The van der Waals surface area contributed by atoms with E-state index < -0.39 is 0 Å². The molecule has 1 N–H and O–H groups in total. The average Bonchev–Trinajstić information content (AvgIpc) is 3.10. The molecule has 5 nitrogen and oxygen atoms in total. The summed E-state index contributed by atoms with van der Waals surface area (Å²) in [5.41, 5.74) is 3.86. The Bertz CT molecular complexity index is 727. The third-order valence-corrected chi connectivity index (χ3v) is 4.78. The van der Waals surface area contributed by atoms with Crippen molar-refractivity contribution in [2.45, 2.75) is 18.9 Å². The van der Waals surface area contributed by atoms with Crippen molar-refractivity contribution >= 4 is 11.6 Å². The van der Waals surface area contributed by atoms with Gasteiger partial charge in [-0.2, -0.15) is 0 Å². The molecule has 2 aromatic rings. The summed E-state index contributed by atoms with van der Waals surface area (Å²) < 4.78 is 0. The quantitative estimate of drug-likeness (QED) is 0.910. The highest BCUT2D eigenvalue weighted by atomic mass is 16.2. The summed E-state index contributed by atoms with van der Waals surface area (Å²) >= 11 is 0. The van der Waals surface area contributed by atoms with Crippen molar-refractivity contribution in [2.24, 2.45) is 0 Å². The third-order valence-electron chi connectivity index (χ3n) is 4.78. The Kier molecular flexibility index (Phi) is 5.34. The van der Waals surface area contributed by atoms with Crippen LogP contribution in [0, 0.1) is 0 Å².